The monoisotopic (exact) mass is 371 g/mol. The van der Waals surface area contributed by atoms with E-state index in [1.165, 1.54) is 22.3 Å². The average molecular weight is 372 g/mol. The van der Waals surface area contributed by atoms with Gasteiger partial charge in [0.25, 0.3) is 0 Å². The van der Waals surface area contributed by atoms with Crippen molar-refractivity contribution in [2.75, 3.05) is 13.1 Å². The molecule has 5 heteroatoms. The molecule has 0 unspecified atom stereocenters. The zero-order valence-corrected chi connectivity index (χ0v) is 15.3. The molecule has 0 aromatic heterocycles. The summed E-state index contributed by atoms with van der Waals surface area (Å²) in [6, 6.07) is 13.9. The molecule has 0 radical (unpaired) electrons. The Hall–Kier alpha value is -1.97. The Morgan fingerprint density at radius 3 is 2.64 bits per heavy atom. The SMILES string of the molecule is NC(=NCc1ccc(Cl)cc1)N1CCC2=C(Cc3ccc(Cl)cc32)C1. The molecule has 2 aromatic carbocycles. The summed E-state index contributed by atoms with van der Waals surface area (Å²) in [4.78, 5) is 6.73. The second kappa shape index (κ2) is 6.74. The van der Waals surface area contributed by atoms with Gasteiger partial charge < -0.3 is 10.6 Å². The average Bonchev–Trinajstić information content (AvgIpc) is 2.98. The number of nitrogens with two attached hydrogens (primary N) is 1. The highest BCUT2D eigenvalue weighted by molar-refractivity contribution is 6.31. The highest BCUT2D eigenvalue weighted by Crippen LogP contribution is 2.39. The number of fused-ring (bicyclic) bond motifs is 2. The third kappa shape index (κ3) is 3.39. The first-order valence-electron chi connectivity index (χ1n) is 8.39. The fraction of sp³-hybridized carbons (Fsp3) is 0.250. The van der Waals surface area contributed by atoms with Gasteiger partial charge in [-0.1, -0.05) is 41.4 Å². The zero-order chi connectivity index (χ0) is 17.4. The number of benzene rings is 2. The van der Waals surface area contributed by atoms with E-state index in [1.54, 1.807) is 0 Å². The van der Waals surface area contributed by atoms with Crippen molar-refractivity contribution in [3.63, 3.8) is 0 Å². The molecule has 1 aliphatic carbocycles. The number of hydrogen-bond acceptors (Lipinski definition) is 1. The van der Waals surface area contributed by atoms with Gasteiger partial charge in [0.1, 0.15) is 0 Å². The maximum atomic E-state index is 6.24. The predicted octanol–water partition coefficient (Wildman–Crippen LogP) is 4.52. The summed E-state index contributed by atoms with van der Waals surface area (Å²) >= 11 is 12.1. The zero-order valence-electron chi connectivity index (χ0n) is 13.8. The topological polar surface area (TPSA) is 41.6 Å². The lowest BCUT2D eigenvalue weighted by Crippen LogP contribution is -2.41. The Morgan fingerprint density at radius 2 is 1.84 bits per heavy atom. The van der Waals surface area contributed by atoms with Crippen molar-refractivity contribution in [1.82, 2.24) is 4.90 Å². The predicted molar refractivity (Wildman–Crippen MR) is 105 cm³/mol. The van der Waals surface area contributed by atoms with Crippen molar-refractivity contribution < 1.29 is 0 Å². The van der Waals surface area contributed by atoms with Crippen LogP contribution in [-0.2, 0) is 13.0 Å². The Bertz CT molecular complexity index is 869. The molecule has 1 aliphatic heterocycles. The van der Waals surface area contributed by atoms with Gasteiger partial charge in [-0.2, -0.15) is 0 Å². The van der Waals surface area contributed by atoms with Crippen LogP contribution in [0.1, 0.15) is 23.1 Å². The third-order valence-electron chi connectivity index (χ3n) is 4.90. The van der Waals surface area contributed by atoms with Crippen LogP contribution in [0.25, 0.3) is 5.57 Å². The first-order valence-corrected chi connectivity index (χ1v) is 9.15. The number of hydrogen-bond donors (Lipinski definition) is 1. The minimum absolute atomic E-state index is 0.571. The Balaban J connectivity index is 1.47. The molecule has 2 N–H and O–H groups in total. The largest absolute Gasteiger partial charge is 0.370 e. The molecule has 128 valence electrons. The van der Waals surface area contributed by atoms with Crippen LogP contribution >= 0.6 is 23.2 Å². The van der Waals surface area contributed by atoms with Crippen molar-refractivity contribution in [2.24, 2.45) is 10.7 Å². The minimum atomic E-state index is 0.571. The Morgan fingerprint density at radius 1 is 1.08 bits per heavy atom. The molecule has 1 heterocycles. The molecule has 0 amide bonds. The van der Waals surface area contributed by atoms with Gasteiger partial charge in [0.2, 0.25) is 0 Å². The molecule has 0 saturated heterocycles. The van der Waals surface area contributed by atoms with Crippen LogP contribution in [0.3, 0.4) is 0 Å². The number of rotatable bonds is 2. The van der Waals surface area contributed by atoms with Crippen LogP contribution in [0.5, 0.6) is 0 Å². The van der Waals surface area contributed by atoms with E-state index in [1.807, 2.05) is 30.3 Å². The quantitative estimate of drug-likeness (QED) is 0.622. The summed E-state index contributed by atoms with van der Waals surface area (Å²) in [6.45, 7) is 2.31. The van der Waals surface area contributed by atoms with E-state index in [4.69, 9.17) is 28.9 Å². The fourth-order valence-electron chi connectivity index (χ4n) is 3.59. The first kappa shape index (κ1) is 16.5. The van der Waals surface area contributed by atoms with Crippen molar-refractivity contribution in [3.8, 4) is 0 Å². The Labute approximate surface area is 157 Å². The van der Waals surface area contributed by atoms with Crippen molar-refractivity contribution in [3.05, 3.63) is 74.8 Å². The van der Waals surface area contributed by atoms with E-state index in [0.29, 0.717) is 12.5 Å². The number of guanidine groups is 1. The summed E-state index contributed by atoms with van der Waals surface area (Å²) in [6.07, 6.45) is 1.97. The van der Waals surface area contributed by atoms with Crippen molar-refractivity contribution in [1.29, 1.82) is 0 Å². The maximum absolute atomic E-state index is 6.24. The highest BCUT2D eigenvalue weighted by atomic mass is 35.5. The van der Waals surface area contributed by atoms with E-state index < -0.39 is 0 Å². The summed E-state index contributed by atoms with van der Waals surface area (Å²) in [5, 5.41) is 1.54. The standard InChI is InChI=1S/C20H19Cl2N3/c21-16-4-1-13(2-5-16)11-24-20(23)25-8-7-18-15(12-25)9-14-3-6-17(22)10-19(14)18/h1-6,10H,7-9,11-12H2,(H2,23,24). The van der Waals surface area contributed by atoms with Crippen LogP contribution < -0.4 is 5.73 Å². The number of halogens is 2. The maximum Gasteiger partial charge on any atom is 0.191 e. The Kier molecular flexibility index (Phi) is 4.45. The van der Waals surface area contributed by atoms with Gasteiger partial charge in [-0.15, -0.1) is 0 Å². The van der Waals surface area contributed by atoms with E-state index in [-0.39, 0.29) is 0 Å². The van der Waals surface area contributed by atoms with Crippen LogP contribution in [-0.4, -0.2) is 23.9 Å². The van der Waals surface area contributed by atoms with E-state index in [0.717, 1.165) is 41.5 Å². The molecule has 4 rings (SSSR count). The molecule has 0 fully saturated rings. The normalized spacial score (nSPS) is 16.9. The first-order chi connectivity index (χ1) is 12.1. The molecule has 2 aliphatic rings. The summed E-state index contributed by atoms with van der Waals surface area (Å²) in [5.74, 6) is 0.607. The molecular weight excluding hydrogens is 353 g/mol. The lowest BCUT2D eigenvalue weighted by Gasteiger charge is -2.29. The highest BCUT2D eigenvalue weighted by Gasteiger charge is 2.27. The van der Waals surface area contributed by atoms with E-state index in [2.05, 4.69) is 22.0 Å². The number of nitrogens with zero attached hydrogens (tertiary/aromatic N) is 2. The molecular formula is C20H19Cl2N3. The number of aliphatic imine (C=N–C) groups is 1. The molecule has 0 saturated carbocycles. The van der Waals surface area contributed by atoms with Gasteiger partial charge in [0.05, 0.1) is 6.54 Å². The van der Waals surface area contributed by atoms with Gasteiger partial charge in [-0.05, 0) is 64.9 Å². The van der Waals surface area contributed by atoms with Crippen LogP contribution in [0.15, 0.2) is 53.0 Å². The van der Waals surface area contributed by atoms with Crippen LogP contribution in [0.4, 0.5) is 0 Å². The smallest absolute Gasteiger partial charge is 0.191 e. The van der Waals surface area contributed by atoms with Gasteiger partial charge in [0.15, 0.2) is 5.96 Å². The molecule has 0 bridgehead atoms. The minimum Gasteiger partial charge on any atom is -0.370 e. The third-order valence-corrected chi connectivity index (χ3v) is 5.39. The van der Waals surface area contributed by atoms with Crippen LogP contribution in [0, 0.1) is 0 Å². The lowest BCUT2D eigenvalue weighted by atomic mass is 9.99. The second-order valence-electron chi connectivity index (χ2n) is 6.53. The molecule has 3 nitrogen and oxygen atoms in total. The molecule has 0 atom stereocenters. The van der Waals surface area contributed by atoms with Gasteiger partial charge in [0, 0.05) is 23.1 Å². The second-order valence-corrected chi connectivity index (χ2v) is 7.41. The molecule has 25 heavy (non-hydrogen) atoms. The van der Waals surface area contributed by atoms with Gasteiger partial charge in [-0.25, -0.2) is 4.99 Å². The molecule has 0 spiro atoms. The summed E-state index contributed by atoms with van der Waals surface area (Å²) < 4.78 is 0. The summed E-state index contributed by atoms with van der Waals surface area (Å²) in [7, 11) is 0. The fourth-order valence-corrected chi connectivity index (χ4v) is 3.89. The lowest BCUT2D eigenvalue weighted by molar-refractivity contribution is 0.438. The van der Waals surface area contributed by atoms with E-state index in [9.17, 15) is 0 Å². The van der Waals surface area contributed by atoms with Gasteiger partial charge >= 0.3 is 0 Å². The summed E-state index contributed by atoms with van der Waals surface area (Å²) in [5.41, 5.74) is 12.9. The van der Waals surface area contributed by atoms with Gasteiger partial charge in [-0.3, -0.25) is 0 Å². The van der Waals surface area contributed by atoms with Crippen LogP contribution in [0.2, 0.25) is 10.0 Å². The van der Waals surface area contributed by atoms with Crippen molar-refractivity contribution in [2.45, 2.75) is 19.4 Å². The molecule has 2 aromatic rings. The van der Waals surface area contributed by atoms with Crippen molar-refractivity contribution >= 4 is 34.7 Å². The van der Waals surface area contributed by atoms with E-state index >= 15 is 0 Å².